The van der Waals surface area contributed by atoms with E-state index in [1.807, 2.05) is 0 Å². The van der Waals surface area contributed by atoms with E-state index in [-0.39, 0.29) is 41.9 Å². The molecule has 4 rings (SSSR count). The molecule has 0 spiro atoms. The SMILES string of the molecule is CN(Cc1ccc(COC(=O)NCc2ccc(C(=O)Nc3ccccc3N)cc2)cn1)Cc1no[n+]([O-])c1C(N)=O. The van der Waals surface area contributed by atoms with Gasteiger partial charge in [0.15, 0.2) is 0 Å². The molecule has 0 unspecified atom stereocenters. The number of aromatic nitrogens is 3. The zero-order chi connectivity index (χ0) is 29.4. The molecular weight excluding hydrogens is 532 g/mol. The van der Waals surface area contributed by atoms with Crippen molar-refractivity contribution in [2.24, 2.45) is 5.73 Å². The van der Waals surface area contributed by atoms with Crippen LogP contribution in [-0.2, 0) is 31.0 Å². The highest BCUT2D eigenvalue weighted by Crippen LogP contribution is 2.18. The maximum atomic E-state index is 12.5. The molecule has 0 bridgehead atoms. The molecule has 212 valence electrons. The summed E-state index contributed by atoms with van der Waals surface area (Å²) in [5, 5.41) is 20.5. The van der Waals surface area contributed by atoms with E-state index in [4.69, 9.17) is 16.2 Å². The van der Waals surface area contributed by atoms with Gasteiger partial charge in [-0.1, -0.05) is 30.3 Å². The van der Waals surface area contributed by atoms with Gasteiger partial charge in [-0.15, -0.1) is 0 Å². The lowest BCUT2D eigenvalue weighted by molar-refractivity contribution is -0.803. The van der Waals surface area contributed by atoms with Crippen LogP contribution in [0.15, 0.2) is 71.5 Å². The number of rotatable bonds is 11. The van der Waals surface area contributed by atoms with Crippen LogP contribution in [0, 0.1) is 5.21 Å². The fraction of sp³-hybridized carbons (Fsp3) is 0.185. The van der Waals surface area contributed by atoms with Gasteiger partial charge in [0, 0.05) is 35.6 Å². The van der Waals surface area contributed by atoms with E-state index in [0.29, 0.717) is 34.7 Å². The second-order valence-corrected chi connectivity index (χ2v) is 9.09. The van der Waals surface area contributed by atoms with E-state index in [9.17, 15) is 19.6 Å². The van der Waals surface area contributed by atoms with Crippen LogP contribution in [0.2, 0.25) is 0 Å². The summed E-state index contributed by atoms with van der Waals surface area (Å²) in [6, 6.07) is 17.3. The number of nitrogens with zero attached hydrogens (tertiary/aromatic N) is 4. The summed E-state index contributed by atoms with van der Waals surface area (Å²) in [5.41, 5.74) is 14.5. The maximum Gasteiger partial charge on any atom is 0.407 e. The number of alkyl carbamates (subject to hydrolysis) is 1. The van der Waals surface area contributed by atoms with Gasteiger partial charge in [0.05, 0.1) is 23.6 Å². The highest BCUT2D eigenvalue weighted by molar-refractivity contribution is 6.05. The molecule has 2 aromatic heterocycles. The van der Waals surface area contributed by atoms with Crippen molar-refractivity contribution in [3.8, 4) is 0 Å². The summed E-state index contributed by atoms with van der Waals surface area (Å²) < 4.78 is 9.71. The van der Waals surface area contributed by atoms with Crippen LogP contribution in [0.4, 0.5) is 16.2 Å². The lowest BCUT2D eigenvalue weighted by Gasteiger charge is -2.13. The highest BCUT2D eigenvalue weighted by Gasteiger charge is 2.25. The number of nitrogens with two attached hydrogens (primary N) is 2. The average molecular weight is 561 g/mol. The summed E-state index contributed by atoms with van der Waals surface area (Å²) in [7, 11) is 1.75. The number of hydrogen-bond acceptors (Lipinski definition) is 10. The number of nitrogens with one attached hydrogen (secondary N) is 2. The Hall–Kier alpha value is -5.50. The van der Waals surface area contributed by atoms with Crippen LogP contribution in [-0.4, -0.2) is 40.0 Å². The number of carbonyl (C=O) groups excluding carboxylic acids is 3. The molecule has 0 aliphatic rings. The standard InChI is InChI=1S/C27H28N8O6/c1-34(15-23-24(25(29)36)35(39)41-33-23)14-20-11-8-18(13-30-20)16-40-27(38)31-12-17-6-9-19(10-7-17)26(37)32-22-5-3-2-4-21(22)28/h2-11,13H,12,14-16,28H2,1H3,(H2,29,36)(H,31,38)(H,32,37). The second-order valence-electron chi connectivity index (χ2n) is 9.09. The fourth-order valence-electron chi connectivity index (χ4n) is 3.79. The van der Waals surface area contributed by atoms with Crippen molar-refractivity contribution < 1.29 is 28.7 Å². The first-order valence-electron chi connectivity index (χ1n) is 12.4. The lowest BCUT2D eigenvalue weighted by atomic mass is 10.1. The summed E-state index contributed by atoms with van der Waals surface area (Å²) in [4.78, 5) is 42.1. The Bertz CT molecular complexity index is 1520. The minimum atomic E-state index is -0.927. The summed E-state index contributed by atoms with van der Waals surface area (Å²) >= 11 is 0. The van der Waals surface area contributed by atoms with Gasteiger partial charge in [-0.3, -0.25) is 24.1 Å². The number of anilines is 2. The molecule has 0 saturated carbocycles. The molecule has 41 heavy (non-hydrogen) atoms. The van der Waals surface area contributed by atoms with E-state index < -0.39 is 12.0 Å². The van der Waals surface area contributed by atoms with Gasteiger partial charge in [0.1, 0.15) is 6.61 Å². The van der Waals surface area contributed by atoms with Crippen LogP contribution in [0.3, 0.4) is 0 Å². The number of carbonyl (C=O) groups is 3. The van der Waals surface area contributed by atoms with E-state index in [1.165, 1.54) is 0 Å². The molecular formula is C27H28N8O6. The van der Waals surface area contributed by atoms with Crippen LogP contribution in [0.1, 0.15) is 43.4 Å². The van der Waals surface area contributed by atoms with Gasteiger partial charge in [0.2, 0.25) is 5.69 Å². The fourth-order valence-corrected chi connectivity index (χ4v) is 3.79. The van der Waals surface area contributed by atoms with Crippen molar-refractivity contribution in [1.29, 1.82) is 0 Å². The Morgan fingerprint density at radius 1 is 1.05 bits per heavy atom. The molecule has 0 aliphatic carbocycles. The number of benzene rings is 2. The Morgan fingerprint density at radius 3 is 2.46 bits per heavy atom. The number of pyridine rings is 1. The number of primary amides is 1. The second kappa shape index (κ2) is 13.0. The maximum absolute atomic E-state index is 12.5. The Labute approximate surface area is 234 Å². The van der Waals surface area contributed by atoms with Gasteiger partial charge >= 0.3 is 6.09 Å². The number of hydrogen-bond donors (Lipinski definition) is 4. The minimum absolute atomic E-state index is 0.0150. The monoisotopic (exact) mass is 560 g/mol. The van der Waals surface area contributed by atoms with Gasteiger partial charge in [0.25, 0.3) is 17.5 Å². The van der Waals surface area contributed by atoms with Crippen LogP contribution in [0.25, 0.3) is 0 Å². The van der Waals surface area contributed by atoms with Crippen molar-refractivity contribution in [1.82, 2.24) is 20.4 Å². The first-order valence-corrected chi connectivity index (χ1v) is 12.4. The van der Waals surface area contributed by atoms with Crippen molar-refractivity contribution in [3.05, 3.63) is 106 Å². The molecule has 2 heterocycles. The molecule has 6 N–H and O–H groups in total. The summed E-state index contributed by atoms with van der Waals surface area (Å²) in [6.45, 7) is 0.751. The van der Waals surface area contributed by atoms with Crippen molar-refractivity contribution in [3.63, 3.8) is 0 Å². The predicted molar refractivity (Wildman–Crippen MR) is 146 cm³/mol. The normalized spacial score (nSPS) is 10.8. The first-order chi connectivity index (χ1) is 19.7. The molecule has 4 aromatic rings. The zero-order valence-corrected chi connectivity index (χ0v) is 22.1. The van der Waals surface area contributed by atoms with E-state index in [2.05, 4.69) is 25.4 Å². The van der Waals surface area contributed by atoms with Crippen LogP contribution < -0.4 is 27.0 Å². The number of para-hydroxylation sites is 2. The summed E-state index contributed by atoms with van der Waals surface area (Å²) in [6.07, 6.45) is 0.975. The lowest BCUT2D eigenvalue weighted by Crippen LogP contribution is -2.35. The third kappa shape index (κ3) is 7.77. The number of nitrogen functional groups attached to an aromatic ring is 1. The topological polar surface area (TPSA) is 206 Å². The molecule has 14 nitrogen and oxygen atoms in total. The van der Waals surface area contributed by atoms with E-state index in [0.717, 1.165) is 5.56 Å². The number of amides is 3. The zero-order valence-electron chi connectivity index (χ0n) is 22.1. The van der Waals surface area contributed by atoms with Crippen molar-refractivity contribution in [2.45, 2.75) is 26.2 Å². The third-order valence-electron chi connectivity index (χ3n) is 5.88. The van der Waals surface area contributed by atoms with Crippen LogP contribution >= 0.6 is 0 Å². The molecule has 0 fully saturated rings. The Kier molecular flexibility index (Phi) is 9.06. The van der Waals surface area contributed by atoms with Gasteiger partial charge < -0.3 is 32.0 Å². The molecule has 0 atom stereocenters. The highest BCUT2D eigenvalue weighted by atomic mass is 16.8. The van der Waals surface area contributed by atoms with Gasteiger partial charge in [-0.25, -0.2) is 4.79 Å². The largest absolute Gasteiger partial charge is 0.445 e. The van der Waals surface area contributed by atoms with Gasteiger partial charge in [-0.2, -0.15) is 0 Å². The Balaban J connectivity index is 1.19. The molecule has 0 radical (unpaired) electrons. The molecule has 3 amide bonds. The van der Waals surface area contributed by atoms with Crippen LogP contribution in [0.5, 0.6) is 0 Å². The van der Waals surface area contributed by atoms with Gasteiger partial charge in [-0.05, 0) is 47.8 Å². The predicted octanol–water partition coefficient (Wildman–Crippen LogP) is 1.69. The van der Waals surface area contributed by atoms with E-state index >= 15 is 0 Å². The number of ether oxygens (including phenoxy) is 1. The molecule has 2 aromatic carbocycles. The Morgan fingerprint density at radius 2 is 1.78 bits per heavy atom. The first kappa shape index (κ1) is 28.5. The molecule has 0 saturated heterocycles. The summed E-state index contributed by atoms with van der Waals surface area (Å²) in [5.74, 6) is -1.22. The van der Waals surface area contributed by atoms with Crippen molar-refractivity contribution >= 4 is 29.3 Å². The average Bonchev–Trinajstić information content (AvgIpc) is 3.32. The quantitative estimate of drug-likeness (QED) is 0.154. The third-order valence-corrected chi connectivity index (χ3v) is 5.88. The van der Waals surface area contributed by atoms with E-state index in [1.54, 1.807) is 78.8 Å². The van der Waals surface area contributed by atoms with Crippen molar-refractivity contribution in [2.75, 3.05) is 18.1 Å². The molecule has 14 heteroatoms. The minimum Gasteiger partial charge on any atom is -0.445 e. The molecule has 0 aliphatic heterocycles. The smallest absolute Gasteiger partial charge is 0.407 e.